The van der Waals surface area contributed by atoms with E-state index >= 15 is 0 Å². The Hall–Kier alpha value is -2.83. The molecule has 0 spiro atoms. The summed E-state index contributed by atoms with van der Waals surface area (Å²) in [6, 6.07) is 14.6. The number of fused-ring (bicyclic) bond motifs is 1. The van der Waals surface area contributed by atoms with Crippen LogP contribution in [-0.4, -0.2) is 23.6 Å². The third-order valence-electron chi connectivity index (χ3n) is 4.83. The average molecular weight is 428 g/mol. The molecule has 1 amide bonds. The van der Waals surface area contributed by atoms with Gasteiger partial charge in [0.2, 0.25) is 5.91 Å². The Morgan fingerprint density at radius 1 is 1.21 bits per heavy atom. The normalized spacial score (nSPS) is 15.5. The van der Waals surface area contributed by atoms with E-state index in [9.17, 15) is 14.7 Å². The van der Waals surface area contributed by atoms with Crippen molar-refractivity contribution in [2.75, 3.05) is 11.9 Å². The average Bonchev–Trinajstić information content (AvgIpc) is 3.08. The fraction of sp³-hybridized carbons (Fsp3) is 0.182. The number of carboxylic acid groups (broad SMARTS) is 1. The van der Waals surface area contributed by atoms with Crippen LogP contribution in [0.15, 0.2) is 48.5 Å². The van der Waals surface area contributed by atoms with Gasteiger partial charge in [0, 0.05) is 27.8 Å². The number of rotatable bonds is 5. The fourth-order valence-electron chi connectivity index (χ4n) is 3.56. The fourth-order valence-corrected chi connectivity index (χ4v) is 4.93. The molecule has 0 bridgehead atoms. The predicted molar refractivity (Wildman–Crippen MR) is 114 cm³/mol. The molecule has 29 heavy (non-hydrogen) atoms. The van der Waals surface area contributed by atoms with Crippen LogP contribution in [0.25, 0.3) is 11.1 Å². The monoisotopic (exact) mass is 427 g/mol. The highest BCUT2D eigenvalue weighted by molar-refractivity contribution is 7.15. The molecule has 1 atom stereocenters. The Morgan fingerprint density at radius 2 is 1.90 bits per heavy atom. The van der Waals surface area contributed by atoms with Crippen LogP contribution >= 0.6 is 22.9 Å². The van der Waals surface area contributed by atoms with Crippen LogP contribution in [0.4, 0.5) is 5.69 Å². The topological polar surface area (TPSA) is 75.6 Å². The molecule has 1 aliphatic rings. The van der Waals surface area contributed by atoms with Crippen molar-refractivity contribution in [3.63, 3.8) is 0 Å². The summed E-state index contributed by atoms with van der Waals surface area (Å²) in [5.41, 5.74) is 2.75. The van der Waals surface area contributed by atoms with E-state index in [2.05, 4.69) is 5.32 Å². The first kappa shape index (κ1) is 19.5. The molecule has 0 saturated heterocycles. The number of carboxylic acids is 1. The first-order valence-electron chi connectivity index (χ1n) is 9.16. The van der Waals surface area contributed by atoms with Crippen LogP contribution in [0.3, 0.4) is 0 Å². The van der Waals surface area contributed by atoms with Crippen LogP contribution in [-0.2, 0) is 4.79 Å². The van der Waals surface area contributed by atoms with Gasteiger partial charge in [0.1, 0.15) is 10.6 Å². The maximum Gasteiger partial charge on any atom is 0.346 e. The number of anilines is 1. The summed E-state index contributed by atoms with van der Waals surface area (Å²) >= 11 is 7.20. The van der Waals surface area contributed by atoms with Gasteiger partial charge in [-0.3, -0.25) is 4.79 Å². The zero-order valence-electron chi connectivity index (χ0n) is 15.6. The summed E-state index contributed by atoms with van der Waals surface area (Å²) in [6.45, 7) is 2.50. The van der Waals surface area contributed by atoms with Crippen molar-refractivity contribution in [2.24, 2.45) is 0 Å². The highest BCUT2D eigenvalue weighted by atomic mass is 35.5. The minimum atomic E-state index is -1.02. The zero-order chi connectivity index (χ0) is 20.5. The highest BCUT2D eigenvalue weighted by Crippen LogP contribution is 2.49. The molecular weight excluding hydrogens is 410 g/mol. The second kappa shape index (κ2) is 7.89. The first-order chi connectivity index (χ1) is 14.0. The smallest absolute Gasteiger partial charge is 0.346 e. The lowest BCUT2D eigenvalue weighted by Crippen LogP contribution is -2.22. The molecule has 0 aliphatic carbocycles. The standard InChI is InChI=1S/C22H18ClNO4S/c1-2-28-15-9-5-12(6-10-15)16-11-17(25)24-19-18(13-3-7-14(23)8-4-13)21(22(26)27)29-20(16)19/h3-10,16H,2,11H2,1H3,(H,24,25)(H,26,27). The van der Waals surface area contributed by atoms with Gasteiger partial charge in [-0.05, 0) is 42.3 Å². The number of aromatic carboxylic acids is 1. The van der Waals surface area contributed by atoms with Crippen LogP contribution in [0.2, 0.25) is 5.02 Å². The summed E-state index contributed by atoms with van der Waals surface area (Å²) in [7, 11) is 0. The van der Waals surface area contributed by atoms with E-state index in [0.29, 0.717) is 28.4 Å². The maximum atomic E-state index is 12.5. The van der Waals surface area contributed by atoms with E-state index in [1.165, 1.54) is 11.3 Å². The van der Waals surface area contributed by atoms with Crippen molar-refractivity contribution in [1.29, 1.82) is 0 Å². The highest BCUT2D eigenvalue weighted by Gasteiger charge is 2.34. The number of amides is 1. The van der Waals surface area contributed by atoms with Gasteiger partial charge in [-0.15, -0.1) is 11.3 Å². The van der Waals surface area contributed by atoms with Gasteiger partial charge in [0.15, 0.2) is 0 Å². The lowest BCUT2D eigenvalue weighted by molar-refractivity contribution is -0.116. The predicted octanol–water partition coefficient (Wildman–Crippen LogP) is 5.64. The maximum absolute atomic E-state index is 12.5. The van der Waals surface area contributed by atoms with Gasteiger partial charge >= 0.3 is 5.97 Å². The van der Waals surface area contributed by atoms with Crippen molar-refractivity contribution >= 4 is 40.5 Å². The van der Waals surface area contributed by atoms with E-state index in [0.717, 1.165) is 16.2 Å². The number of halogens is 1. The number of nitrogens with one attached hydrogen (secondary N) is 1. The van der Waals surface area contributed by atoms with E-state index in [4.69, 9.17) is 16.3 Å². The molecule has 0 saturated carbocycles. The van der Waals surface area contributed by atoms with Gasteiger partial charge in [-0.1, -0.05) is 35.9 Å². The molecule has 1 aromatic heterocycles. The molecule has 0 fully saturated rings. The molecular formula is C22H18ClNO4S. The zero-order valence-corrected chi connectivity index (χ0v) is 17.1. The molecule has 2 aromatic carbocycles. The molecule has 0 radical (unpaired) electrons. The SMILES string of the molecule is CCOc1ccc(C2CC(=O)Nc3c2sc(C(=O)O)c3-c2ccc(Cl)cc2)cc1. The van der Waals surface area contributed by atoms with Gasteiger partial charge in [-0.25, -0.2) is 4.79 Å². The van der Waals surface area contributed by atoms with E-state index in [1.807, 2.05) is 31.2 Å². The molecule has 1 unspecified atom stereocenters. The van der Waals surface area contributed by atoms with Crippen molar-refractivity contribution in [3.05, 3.63) is 68.9 Å². The Balaban J connectivity index is 1.84. The molecule has 3 aromatic rings. The molecule has 7 heteroatoms. The lowest BCUT2D eigenvalue weighted by Gasteiger charge is -2.24. The lowest BCUT2D eigenvalue weighted by atomic mass is 9.88. The van der Waals surface area contributed by atoms with Crippen LogP contribution < -0.4 is 10.1 Å². The summed E-state index contributed by atoms with van der Waals surface area (Å²) in [5.74, 6) is -0.607. The van der Waals surface area contributed by atoms with Gasteiger partial charge < -0.3 is 15.2 Å². The molecule has 148 valence electrons. The Labute approximate surface area is 176 Å². The molecule has 4 rings (SSSR count). The van der Waals surface area contributed by atoms with Crippen LogP contribution in [0.1, 0.15) is 39.4 Å². The van der Waals surface area contributed by atoms with E-state index in [-0.39, 0.29) is 23.1 Å². The van der Waals surface area contributed by atoms with Gasteiger partial charge in [-0.2, -0.15) is 0 Å². The number of hydrogen-bond acceptors (Lipinski definition) is 4. The second-order valence-corrected chi connectivity index (χ2v) is 8.15. The summed E-state index contributed by atoms with van der Waals surface area (Å²) in [6.07, 6.45) is 0.264. The van der Waals surface area contributed by atoms with Crippen molar-refractivity contribution in [3.8, 4) is 16.9 Å². The van der Waals surface area contributed by atoms with E-state index in [1.54, 1.807) is 24.3 Å². The number of ether oxygens (including phenoxy) is 1. The Kier molecular flexibility index (Phi) is 5.30. The molecule has 2 N–H and O–H groups in total. The number of hydrogen-bond donors (Lipinski definition) is 2. The largest absolute Gasteiger partial charge is 0.494 e. The minimum Gasteiger partial charge on any atom is -0.494 e. The van der Waals surface area contributed by atoms with Crippen molar-refractivity contribution in [2.45, 2.75) is 19.3 Å². The third-order valence-corrected chi connectivity index (χ3v) is 6.37. The van der Waals surface area contributed by atoms with Gasteiger partial charge in [0.05, 0.1) is 12.3 Å². The van der Waals surface area contributed by atoms with Gasteiger partial charge in [0.25, 0.3) is 0 Å². The summed E-state index contributed by atoms with van der Waals surface area (Å²) in [4.78, 5) is 25.5. The second-order valence-electron chi connectivity index (χ2n) is 6.66. The molecule has 1 aliphatic heterocycles. The van der Waals surface area contributed by atoms with Crippen LogP contribution in [0.5, 0.6) is 5.75 Å². The number of thiophene rings is 1. The first-order valence-corrected chi connectivity index (χ1v) is 10.4. The Bertz CT molecular complexity index is 1070. The quantitative estimate of drug-likeness (QED) is 0.552. The van der Waals surface area contributed by atoms with Crippen LogP contribution in [0, 0.1) is 0 Å². The van der Waals surface area contributed by atoms with Crippen molar-refractivity contribution in [1.82, 2.24) is 0 Å². The summed E-state index contributed by atoms with van der Waals surface area (Å²) in [5, 5.41) is 13.3. The summed E-state index contributed by atoms with van der Waals surface area (Å²) < 4.78 is 5.50. The minimum absolute atomic E-state index is 0.138. The Morgan fingerprint density at radius 3 is 2.52 bits per heavy atom. The van der Waals surface area contributed by atoms with E-state index < -0.39 is 5.97 Å². The van der Waals surface area contributed by atoms with Crippen molar-refractivity contribution < 1.29 is 19.4 Å². The number of carbonyl (C=O) groups is 2. The molecule has 5 nitrogen and oxygen atoms in total. The number of carbonyl (C=O) groups excluding carboxylic acids is 1. The third kappa shape index (κ3) is 3.73. The molecule has 2 heterocycles. The number of benzene rings is 2.